The zero-order chi connectivity index (χ0) is 17.8. The summed E-state index contributed by atoms with van der Waals surface area (Å²) in [6.07, 6.45) is 0. The highest BCUT2D eigenvalue weighted by Crippen LogP contribution is 2.32. The highest BCUT2D eigenvalue weighted by molar-refractivity contribution is 6.34. The maximum absolute atomic E-state index is 12.3. The van der Waals surface area contributed by atoms with Crippen molar-refractivity contribution in [2.45, 2.75) is 0 Å². The minimum atomic E-state index is -0.252. The molecule has 0 saturated heterocycles. The maximum atomic E-state index is 12.3. The van der Waals surface area contributed by atoms with Crippen LogP contribution >= 0.6 is 23.2 Å². The van der Waals surface area contributed by atoms with Crippen LogP contribution in [0.4, 0.5) is 5.69 Å². The summed E-state index contributed by atoms with van der Waals surface area (Å²) in [5, 5.41) is 3.88. The Morgan fingerprint density at radius 3 is 2.32 bits per heavy atom. The Labute approximate surface area is 156 Å². The second-order valence-corrected chi connectivity index (χ2v) is 6.17. The SMILES string of the molecule is COc1ccc(Cl)c(-c2ccc(NC(=O)c3ccccc3Cl)cc2)c1. The van der Waals surface area contributed by atoms with Gasteiger partial charge < -0.3 is 10.1 Å². The van der Waals surface area contributed by atoms with E-state index >= 15 is 0 Å². The van der Waals surface area contributed by atoms with Crippen molar-refractivity contribution in [3.05, 3.63) is 82.3 Å². The zero-order valence-corrected chi connectivity index (χ0v) is 14.9. The van der Waals surface area contributed by atoms with E-state index < -0.39 is 0 Å². The summed E-state index contributed by atoms with van der Waals surface area (Å²) in [4.78, 5) is 12.3. The summed E-state index contributed by atoms with van der Waals surface area (Å²) in [5.74, 6) is 0.480. The van der Waals surface area contributed by atoms with E-state index in [4.69, 9.17) is 27.9 Å². The molecule has 0 fully saturated rings. The van der Waals surface area contributed by atoms with Crippen molar-refractivity contribution in [2.75, 3.05) is 12.4 Å². The quantitative estimate of drug-likeness (QED) is 0.617. The van der Waals surface area contributed by atoms with Crippen molar-refractivity contribution in [1.82, 2.24) is 0 Å². The van der Waals surface area contributed by atoms with Crippen LogP contribution in [-0.2, 0) is 0 Å². The molecule has 0 aliphatic carbocycles. The zero-order valence-electron chi connectivity index (χ0n) is 13.4. The van der Waals surface area contributed by atoms with Crippen LogP contribution in [0.5, 0.6) is 5.75 Å². The van der Waals surface area contributed by atoms with Crippen LogP contribution in [0.3, 0.4) is 0 Å². The fourth-order valence-electron chi connectivity index (χ4n) is 2.43. The first kappa shape index (κ1) is 17.3. The first-order valence-corrected chi connectivity index (χ1v) is 8.34. The van der Waals surface area contributed by atoms with E-state index in [-0.39, 0.29) is 5.91 Å². The first-order chi connectivity index (χ1) is 12.1. The summed E-state index contributed by atoms with van der Waals surface area (Å²) in [6, 6.07) is 19.8. The molecule has 25 heavy (non-hydrogen) atoms. The van der Waals surface area contributed by atoms with E-state index in [1.54, 1.807) is 37.4 Å². The van der Waals surface area contributed by atoms with E-state index in [0.29, 0.717) is 21.3 Å². The number of benzene rings is 3. The number of hydrogen-bond acceptors (Lipinski definition) is 2. The molecule has 3 aromatic carbocycles. The largest absolute Gasteiger partial charge is 0.497 e. The molecule has 0 unspecified atom stereocenters. The molecule has 3 rings (SSSR count). The molecule has 3 nitrogen and oxygen atoms in total. The molecule has 0 atom stereocenters. The Kier molecular flexibility index (Phi) is 5.27. The lowest BCUT2D eigenvalue weighted by atomic mass is 10.0. The Balaban J connectivity index is 1.81. The number of carbonyl (C=O) groups excluding carboxylic acids is 1. The van der Waals surface area contributed by atoms with Gasteiger partial charge >= 0.3 is 0 Å². The molecule has 0 heterocycles. The van der Waals surface area contributed by atoms with E-state index in [9.17, 15) is 4.79 Å². The van der Waals surface area contributed by atoms with Crippen molar-refractivity contribution in [3.63, 3.8) is 0 Å². The Morgan fingerprint density at radius 1 is 0.920 bits per heavy atom. The second-order valence-electron chi connectivity index (χ2n) is 5.36. The average molecular weight is 372 g/mol. The molecule has 0 aliphatic rings. The van der Waals surface area contributed by atoms with Crippen molar-refractivity contribution in [3.8, 4) is 16.9 Å². The summed E-state index contributed by atoms with van der Waals surface area (Å²) in [5.41, 5.74) is 2.90. The topological polar surface area (TPSA) is 38.3 Å². The van der Waals surface area contributed by atoms with Gasteiger partial charge in [-0.05, 0) is 48.0 Å². The number of carbonyl (C=O) groups is 1. The number of amides is 1. The van der Waals surface area contributed by atoms with Crippen LogP contribution in [0.2, 0.25) is 10.0 Å². The number of halogens is 2. The first-order valence-electron chi connectivity index (χ1n) is 7.58. The van der Waals surface area contributed by atoms with Gasteiger partial charge in [0.1, 0.15) is 5.75 Å². The summed E-state index contributed by atoms with van der Waals surface area (Å²) < 4.78 is 5.24. The van der Waals surface area contributed by atoms with Gasteiger partial charge in [0.25, 0.3) is 5.91 Å². The van der Waals surface area contributed by atoms with Crippen LogP contribution in [0.1, 0.15) is 10.4 Å². The number of anilines is 1. The normalized spacial score (nSPS) is 10.4. The summed E-state index contributed by atoms with van der Waals surface area (Å²) in [6.45, 7) is 0. The van der Waals surface area contributed by atoms with Crippen LogP contribution in [0, 0.1) is 0 Å². The third kappa shape index (κ3) is 3.95. The lowest BCUT2D eigenvalue weighted by Gasteiger charge is -2.10. The third-order valence-electron chi connectivity index (χ3n) is 3.75. The molecule has 0 bridgehead atoms. The van der Waals surface area contributed by atoms with Gasteiger partial charge in [0, 0.05) is 16.3 Å². The second kappa shape index (κ2) is 7.60. The minimum Gasteiger partial charge on any atom is -0.497 e. The van der Waals surface area contributed by atoms with Gasteiger partial charge in [0.05, 0.1) is 17.7 Å². The Morgan fingerprint density at radius 2 is 1.64 bits per heavy atom. The van der Waals surface area contributed by atoms with Crippen molar-refractivity contribution in [1.29, 1.82) is 0 Å². The van der Waals surface area contributed by atoms with Crippen molar-refractivity contribution < 1.29 is 9.53 Å². The van der Waals surface area contributed by atoms with Gasteiger partial charge in [-0.1, -0.05) is 47.5 Å². The molecule has 5 heteroatoms. The fraction of sp³-hybridized carbons (Fsp3) is 0.0500. The van der Waals surface area contributed by atoms with Crippen LogP contribution in [0.15, 0.2) is 66.7 Å². The third-order valence-corrected chi connectivity index (χ3v) is 4.40. The molecule has 1 amide bonds. The Bertz CT molecular complexity index is 908. The Hall–Kier alpha value is -2.49. The van der Waals surface area contributed by atoms with Gasteiger partial charge in [-0.2, -0.15) is 0 Å². The van der Waals surface area contributed by atoms with Gasteiger partial charge in [0.15, 0.2) is 0 Å². The molecule has 1 N–H and O–H groups in total. The monoisotopic (exact) mass is 371 g/mol. The van der Waals surface area contributed by atoms with Gasteiger partial charge in [-0.25, -0.2) is 0 Å². The van der Waals surface area contributed by atoms with Crippen LogP contribution < -0.4 is 10.1 Å². The van der Waals surface area contributed by atoms with Crippen LogP contribution in [0.25, 0.3) is 11.1 Å². The van der Waals surface area contributed by atoms with Crippen LogP contribution in [-0.4, -0.2) is 13.0 Å². The van der Waals surface area contributed by atoms with Crippen molar-refractivity contribution in [2.24, 2.45) is 0 Å². The molecule has 0 saturated carbocycles. The number of hydrogen-bond donors (Lipinski definition) is 1. The van der Waals surface area contributed by atoms with Crippen molar-refractivity contribution >= 4 is 34.8 Å². The minimum absolute atomic E-state index is 0.252. The summed E-state index contributed by atoms with van der Waals surface area (Å²) in [7, 11) is 1.61. The maximum Gasteiger partial charge on any atom is 0.257 e. The highest BCUT2D eigenvalue weighted by Gasteiger charge is 2.10. The lowest BCUT2D eigenvalue weighted by Crippen LogP contribution is -2.12. The predicted octanol–water partition coefficient (Wildman–Crippen LogP) is 5.92. The number of ether oxygens (including phenoxy) is 1. The molecule has 0 aromatic heterocycles. The molecular formula is C20H15Cl2NO2. The molecule has 0 spiro atoms. The van der Waals surface area contributed by atoms with Gasteiger partial charge in [0.2, 0.25) is 0 Å². The predicted molar refractivity (Wildman–Crippen MR) is 103 cm³/mol. The molecule has 0 aliphatic heterocycles. The number of nitrogens with one attached hydrogen (secondary N) is 1. The van der Waals surface area contributed by atoms with Gasteiger partial charge in [-0.15, -0.1) is 0 Å². The highest BCUT2D eigenvalue weighted by atomic mass is 35.5. The molecule has 126 valence electrons. The number of rotatable bonds is 4. The standard InChI is InChI=1S/C20H15Cl2NO2/c1-25-15-10-11-19(22)17(12-15)13-6-8-14(9-7-13)23-20(24)16-4-2-3-5-18(16)21/h2-12H,1H3,(H,23,24). The lowest BCUT2D eigenvalue weighted by molar-refractivity contribution is 0.102. The summed E-state index contributed by atoms with van der Waals surface area (Å²) >= 11 is 12.3. The fourth-order valence-corrected chi connectivity index (χ4v) is 2.88. The molecule has 3 aromatic rings. The average Bonchev–Trinajstić information content (AvgIpc) is 2.63. The number of methoxy groups -OCH3 is 1. The smallest absolute Gasteiger partial charge is 0.257 e. The van der Waals surface area contributed by atoms with Gasteiger partial charge in [-0.3, -0.25) is 4.79 Å². The van der Waals surface area contributed by atoms with E-state index in [0.717, 1.165) is 16.9 Å². The van der Waals surface area contributed by atoms with E-state index in [1.165, 1.54) is 0 Å². The van der Waals surface area contributed by atoms with E-state index in [2.05, 4.69) is 5.32 Å². The van der Waals surface area contributed by atoms with E-state index in [1.807, 2.05) is 36.4 Å². The molecule has 0 radical (unpaired) electrons. The molecular weight excluding hydrogens is 357 g/mol.